The zero-order chi connectivity index (χ0) is 17.8. The highest BCUT2D eigenvalue weighted by Crippen LogP contribution is 2.32. The zero-order valence-electron chi connectivity index (χ0n) is 13.3. The van der Waals surface area contributed by atoms with Crippen molar-refractivity contribution in [1.82, 2.24) is 9.88 Å². The van der Waals surface area contributed by atoms with Gasteiger partial charge in [-0.05, 0) is 33.6 Å². The lowest BCUT2D eigenvalue weighted by Gasteiger charge is -2.16. The first-order chi connectivity index (χ1) is 12.0. The Labute approximate surface area is 153 Å². The summed E-state index contributed by atoms with van der Waals surface area (Å²) in [6.45, 7) is 0.555. The van der Waals surface area contributed by atoms with Crippen LogP contribution in [0.3, 0.4) is 0 Å². The fourth-order valence-corrected chi connectivity index (χ4v) is 3.15. The van der Waals surface area contributed by atoms with Crippen LogP contribution < -0.4 is 0 Å². The molecule has 0 radical (unpaired) electrons. The molecule has 1 aromatic heterocycles. The topological polar surface area (TPSA) is 79.7 Å². The molecular formula is C18H17BrN2O4. The van der Waals surface area contributed by atoms with E-state index in [1.54, 1.807) is 12.3 Å². The molecule has 1 saturated heterocycles. The van der Waals surface area contributed by atoms with Crippen LogP contribution in [0.1, 0.15) is 17.2 Å². The standard InChI is InChI=1S/C18H17BrN2O4/c19-13-6-7-16(20-8-13)14-9-21(10-15(14)17(22)23)18(24)25-11-12-4-2-1-3-5-12/h1-8,14-15H,9-11H2,(H,22,23)/t14-,15-/m1/s1. The molecule has 0 bridgehead atoms. The Morgan fingerprint density at radius 3 is 2.60 bits per heavy atom. The maximum Gasteiger partial charge on any atom is 0.410 e. The minimum atomic E-state index is -0.937. The van der Waals surface area contributed by atoms with Crippen molar-refractivity contribution in [1.29, 1.82) is 0 Å². The number of aliphatic carboxylic acids is 1. The first-order valence-corrected chi connectivity index (χ1v) is 8.64. The van der Waals surface area contributed by atoms with Crippen LogP contribution in [-0.4, -0.2) is 40.1 Å². The highest BCUT2D eigenvalue weighted by molar-refractivity contribution is 9.10. The van der Waals surface area contributed by atoms with Crippen LogP contribution in [0.4, 0.5) is 4.79 Å². The Balaban J connectivity index is 1.68. The maximum atomic E-state index is 12.3. The fraction of sp³-hybridized carbons (Fsp3) is 0.278. The molecular weight excluding hydrogens is 388 g/mol. The quantitative estimate of drug-likeness (QED) is 0.845. The SMILES string of the molecule is O=C(O)[C@@H]1CN(C(=O)OCc2ccccc2)C[C@H]1c1ccc(Br)cn1. The first-order valence-electron chi connectivity index (χ1n) is 7.84. The highest BCUT2D eigenvalue weighted by atomic mass is 79.9. The second-order valence-corrected chi connectivity index (χ2v) is 6.81. The van der Waals surface area contributed by atoms with E-state index in [1.807, 2.05) is 36.4 Å². The maximum absolute atomic E-state index is 12.3. The van der Waals surface area contributed by atoms with Gasteiger partial charge in [0, 0.05) is 35.4 Å². The predicted molar refractivity (Wildman–Crippen MR) is 94.0 cm³/mol. The molecule has 1 amide bonds. The van der Waals surface area contributed by atoms with Crippen molar-refractivity contribution in [2.45, 2.75) is 12.5 Å². The van der Waals surface area contributed by atoms with E-state index in [0.29, 0.717) is 5.69 Å². The Hall–Kier alpha value is -2.41. The Morgan fingerprint density at radius 2 is 1.96 bits per heavy atom. The molecule has 1 aliphatic rings. The predicted octanol–water partition coefficient (Wildman–Crippen LogP) is 3.28. The average molecular weight is 405 g/mol. The number of ether oxygens (including phenoxy) is 1. The number of benzene rings is 1. The van der Waals surface area contributed by atoms with Crippen LogP contribution in [0, 0.1) is 5.92 Å². The minimum absolute atomic E-state index is 0.116. The summed E-state index contributed by atoms with van der Waals surface area (Å²) >= 11 is 3.31. The monoisotopic (exact) mass is 404 g/mol. The summed E-state index contributed by atoms with van der Waals surface area (Å²) < 4.78 is 6.13. The van der Waals surface area contributed by atoms with E-state index in [0.717, 1.165) is 10.0 Å². The van der Waals surface area contributed by atoms with Gasteiger partial charge in [-0.25, -0.2) is 4.79 Å². The fourth-order valence-electron chi connectivity index (χ4n) is 2.92. The van der Waals surface area contributed by atoms with Crippen LogP contribution in [0.25, 0.3) is 0 Å². The molecule has 1 N–H and O–H groups in total. The van der Waals surface area contributed by atoms with Crippen molar-refractivity contribution < 1.29 is 19.4 Å². The largest absolute Gasteiger partial charge is 0.481 e. The van der Waals surface area contributed by atoms with Crippen molar-refractivity contribution >= 4 is 28.0 Å². The molecule has 1 fully saturated rings. The van der Waals surface area contributed by atoms with E-state index in [-0.39, 0.29) is 25.6 Å². The number of carboxylic acid groups (broad SMARTS) is 1. The van der Waals surface area contributed by atoms with E-state index in [1.165, 1.54) is 4.90 Å². The second-order valence-electron chi connectivity index (χ2n) is 5.90. The zero-order valence-corrected chi connectivity index (χ0v) is 14.9. The summed E-state index contributed by atoms with van der Waals surface area (Å²) in [6.07, 6.45) is 1.12. The summed E-state index contributed by atoms with van der Waals surface area (Å²) in [4.78, 5) is 29.6. The third-order valence-electron chi connectivity index (χ3n) is 4.23. The van der Waals surface area contributed by atoms with Crippen molar-refractivity contribution in [2.75, 3.05) is 13.1 Å². The minimum Gasteiger partial charge on any atom is -0.481 e. The van der Waals surface area contributed by atoms with Gasteiger partial charge >= 0.3 is 12.1 Å². The molecule has 25 heavy (non-hydrogen) atoms. The van der Waals surface area contributed by atoms with E-state index in [9.17, 15) is 14.7 Å². The third-order valence-corrected chi connectivity index (χ3v) is 4.70. The lowest BCUT2D eigenvalue weighted by molar-refractivity contribution is -0.141. The molecule has 2 atom stereocenters. The number of carboxylic acids is 1. The molecule has 3 rings (SSSR count). The van der Waals surface area contributed by atoms with E-state index in [4.69, 9.17) is 4.74 Å². The van der Waals surface area contributed by atoms with Crippen molar-refractivity contribution in [2.24, 2.45) is 5.92 Å². The second kappa shape index (κ2) is 7.65. The smallest absolute Gasteiger partial charge is 0.410 e. The van der Waals surface area contributed by atoms with Crippen LogP contribution in [-0.2, 0) is 16.1 Å². The van der Waals surface area contributed by atoms with Gasteiger partial charge in [0.1, 0.15) is 6.61 Å². The Morgan fingerprint density at radius 1 is 1.20 bits per heavy atom. The highest BCUT2D eigenvalue weighted by Gasteiger charge is 2.41. The molecule has 0 aliphatic carbocycles. The number of halogens is 1. The molecule has 0 spiro atoms. The number of pyridine rings is 1. The van der Waals surface area contributed by atoms with Crippen LogP contribution >= 0.6 is 15.9 Å². The number of amides is 1. The van der Waals surface area contributed by atoms with Gasteiger partial charge in [0.15, 0.2) is 0 Å². The molecule has 2 aromatic rings. The number of likely N-dealkylation sites (tertiary alicyclic amines) is 1. The number of rotatable bonds is 4. The van der Waals surface area contributed by atoms with Gasteiger partial charge in [0.05, 0.1) is 5.92 Å². The van der Waals surface area contributed by atoms with Crippen molar-refractivity contribution in [3.63, 3.8) is 0 Å². The molecule has 0 saturated carbocycles. The first kappa shape index (κ1) is 17.4. The van der Waals surface area contributed by atoms with Crippen molar-refractivity contribution in [3.05, 3.63) is 64.4 Å². The molecule has 0 unspecified atom stereocenters. The number of hydrogen-bond acceptors (Lipinski definition) is 4. The number of aromatic nitrogens is 1. The van der Waals surface area contributed by atoms with E-state index < -0.39 is 18.0 Å². The summed E-state index contributed by atoms with van der Waals surface area (Å²) in [5, 5.41) is 9.49. The summed E-state index contributed by atoms with van der Waals surface area (Å²) in [5.41, 5.74) is 1.55. The number of nitrogens with zero attached hydrogens (tertiary/aromatic N) is 2. The van der Waals surface area contributed by atoms with Gasteiger partial charge in [0.25, 0.3) is 0 Å². The van der Waals surface area contributed by atoms with Gasteiger partial charge in [0.2, 0.25) is 0 Å². The normalized spacial score (nSPS) is 19.6. The van der Waals surface area contributed by atoms with Crippen LogP contribution in [0.5, 0.6) is 0 Å². The van der Waals surface area contributed by atoms with Crippen molar-refractivity contribution in [3.8, 4) is 0 Å². The van der Waals surface area contributed by atoms with Gasteiger partial charge < -0.3 is 14.7 Å². The number of hydrogen-bond donors (Lipinski definition) is 1. The summed E-state index contributed by atoms with van der Waals surface area (Å²) in [7, 11) is 0. The molecule has 6 nitrogen and oxygen atoms in total. The molecule has 1 aromatic carbocycles. The average Bonchev–Trinajstić information content (AvgIpc) is 3.07. The number of carbonyl (C=O) groups is 2. The van der Waals surface area contributed by atoms with Crippen LogP contribution in [0.15, 0.2) is 53.1 Å². The molecule has 130 valence electrons. The lowest BCUT2D eigenvalue weighted by atomic mass is 9.93. The Kier molecular flexibility index (Phi) is 5.33. The Bertz CT molecular complexity index is 751. The summed E-state index contributed by atoms with van der Waals surface area (Å²) in [5.74, 6) is -1.99. The van der Waals surface area contributed by atoms with Gasteiger partial charge in [-0.1, -0.05) is 30.3 Å². The van der Waals surface area contributed by atoms with Gasteiger partial charge in [-0.2, -0.15) is 0 Å². The van der Waals surface area contributed by atoms with E-state index >= 15 is 0 Å². The van der Waals surface area contributed by atoms with Gasteiger partial charge in [-0.15, -0.1) is 0 Å². The third kappa shape index (κ3) is 4.17. The molecule has 7 heteroatoms. The van der Waals surface area contributed by atoms with Crippen LogP contribution in [0.2, 0.25) is 0 Å². The molecule has 1 aliphatic heterocycles. The van der Waals surface area contributed by atoms with Gasteiger partial charge in [-0.3, -0.25) is 9.78 Å². The number of carbonyl (C=O) groups excluding carboxylic acids is 1. The summed E-state index contributed by atoms with van der Waals surface area (Å²) in [6, 6.07) is 13.0. The molecule has 2 heterocycles. The van der Waals surface area contributed by atoms with E-state index in [2.05, 4.69) is 20.9 Å². The lowest BCUT2D eigenvalue weighted by Crippen LogP contribution is -2.30.